The zero-order valence-electron chi connectivity index (χ0n) is 17.2. The van der Waals surface area contributed by atoms with Crippen LogP contribution in [0, 0.1) is 5.92 Å². The first kappa shape index (κ1) is 21.8. The SMILES string of the molecule is CC(C)CC(c1nnnn1C1CCCC1)N1CCN(C(=O)c2ccco2)CC1.Cl. The summed E-state index contributed by atoms with van der Waals surface area (Å²) in [6.45, 7) is 7.52. The van der Waals surface area contributed by atoms with E-state index in [0.29, 0.717) is 30.8 Å². The van der Waals surface area contributed by atoms with Gasteiger partial charge in [-0.25, -0.2) is 4.68 Å². The van der Waals surface area contributed by atoms with E-state index >= 15 is 0 Å². The van der Waals surface area contributed by atoms with E-state index in [2.05, 4.69) is 39.0 Å². The van der Waals surface area contributed by atoms with E-state index in [1.807, 2.05) is 4.90 Å². The second-order valence-electron chi connectivity index (χ2n) is 8.37. The molecule has 1 unspecified atom stereocenters. The molecule has 0 aromatic carbocycles. The van der Waals surface area contributed by atoms with Crippen LogP contribution >= 0.6 is 12.4 Å². The minimum Gasteiger partial charge on any atom is -0.459 e. The fourth-order valence-corrected chi connectivity index (χ4v) is 4.49. The predicted octanol–water partition coefficient (Wildman–Crippen LogP) is 3.35. The lowest BCUT2D eigenvalue weighted by Crippen LogP contribution is -2.50. The van der Waals surface area contributed by atoms with Crippen molar-refractivity contribution >= 4 is 18.3 Å². The van der Waals surface area contributed by atoms with Crippen LogP contribution in [-0.4, -0.2) is 62.1 Å². The maximum Gasteiger partial charge on any atom is 0.289 e. The zero-order chi connectivity index (χ0) is 19.5. The largest absolute Gasteiger partial charge is 0.459 e. The van der Waals surface area contributed by atoms with Gasteiger partial charge in [0.1, 0.15) is 0 Å². The fraction of sp³-hybridized carbons (Fsp3) is 0.700. The Bertz CT molecular complexity index is 764. The van der Waals surface area contributed by atoms with Gasteiger partial charge in [0.25, 0.3) is 5.91 Å². The van der Waals surface area contributed by atoms with Crippen molar-refractivity contribution in [2.24, 2.45) is 5.92 Å². The molecule has 1 aliphatic heterocycles. The number of piperazine rings is 1. The summed E-state index contributed by atoms with van der Waals surface area (Å²) in [5.41, 5.74) is 0. The lowest BCUT2D eigenvalue weighted by molar-refractivity contribution is 0.0497. The number of tetrazole rings is 1. The molecule has 160 valence electrons. The quantitative estimate of drug-likeness (QED) is 0.710. The lowest BCUT2D eigenvalue weighted by atomic mass is 10.0. The Balaban J connectivity index is 0.00000240. The van der Waals surface area contributed by atoms with Gasteiger partial charge in [-0.15, -0.1) is 17.5 Å². The topological polar surface area (TPSA) is 80.3 Å². The highest BCUT2D eigenvalue weighted by atomic mass is 35.5. The van der Waals surface area contributed by atoms with Gasteiger partial charge >= 0.3 is 0 Å². The highest BCUT2D eigenvalue weighted by Gasteiger charge is 2.33. The molecule has 1 atom stereocenters. The summed E-state index contributed by atoms with van der Waals surface area (Å²) in [7, 11) is 0. The van der Waals surface area contributed by atoms with Gasteiger partial charge in [-0.1, -0.05) is 26.7 Å². The first-order valence-corrected chi connectivity index (χ1v) is 10.5. The normalized spacial score (nSPS) is 19.5. The molecule has 2 aliphatic rings. The monoisotopic (exact) mass is 422 g/mol. The third-order valence-corrected chi connectivity index (χ3v) is 5.96. The van der Waals surface area contributed by atoms with Gasteiger partial charge in [-0.05, 0) is 47.7 Å². The summed E-state index contributed by atoms with van der Waals surface area (Å²) < 4.78 is 7.36. The molecule has 1 saturated heterocycles. The zero-order valence-corrected chi connectivity index (χ0v) is 18.1. The van der Waals surface area contributed by atoms with E-state index in [0.717, 1.165) is 38.2 Å². The molecule has 2 aromatic heterocycles. The van der Waals surface area contributed by atoms with Crippen molar-refractivity contribution in [3.05, 3.63) is 30.0 Å². The highest BCUT2D eigenvalue weighted by molar-refractivity contribution is 5.91. The number of hydrogen-bond donors (Lipinski definition) is 0. The Hall–Kier alpha value is -1.93. The van der Waals surface area contributed by atoms with Gasteiger partial charge in [-0.2, -0.15) is 0 Å². The Morgan fingerprint density at radius 1 is 1.21 bits per heavy atom. The summed E-state index contributed by atoms with van der Waals surface area (Å²) in [6, 6.07) is 4.11. The molecule has 2 aromatic rings. The van der Waals surface area contributed by atoms with Gasteiger partial charge in [0.2, 0.25) is 0 Å². The van der Waals surface area contributed by atoms with E-state index in [1.54, 1.807) is 18.4 Å². The van der Waals surface area contributed by atoms with Gasteiger partial charge in [-0.3, -0.25) is 9.69 Å². The molecule has 0 radical (unpaired) electrons. The van der Waals surface area contributed by atoms with Crippen molar-refractivity contribution in [2.75, 3.05) is 26.2 Å². The van der Waals surface area contributed by atoms with Crippen LogP contribution in [0.1, 0.15) is 74.4 Å². The van der Waals surface area contributed by atoms with Crippen LogP contribution in [0.5, 0.6) is 0 Å². The molecule has 8 nitrogen and oxygen atoms in total. The molecule has 3 heterocycles. The van der Waals surface area contributed by atoms with E-state index in [9.17, 15) is 4.79 Å². The Kier molecular flexibility index (Phi) is 7.29. The van der Waals surface area contributed by atoms with E-state index in [-0.39, 0.29) is 24.4 Å². The Morgan fingerprint density at radius 2 is 1.93 bits per heavy atom. The number of nitrogens with zero attached hydrogens (tertiary/aromatic N) is 6. The summed E-state index contributed by atoms with van der Waals surface area (Å²) in [4.78, 5) is 16.9. The molecule has 0 spiro atoms. The van der Waals surface area contributed by atoms with Crippen molar-refractivity contribution in [3.63, 3.8) is 0 Å². The molecule has 0 N–H and O–H groups in total. The standard InChI is InChI=1S/C20H30N6O2.ClH/c1-15(2)14-17(19-21-22-23-26(19)16-6-3-4-7-16)24-9-11-25(12-10-24)20(27)18-8-5-13-28-18;/h5,8,13,15-17H,3-4,6-7,9-12,14H2,1-2H3;1H. The number of halogens is 1. The number of carbonyl (C=O) groups is 1. The van der Waals surface area contributed by atoms with E-state index < -0.39 is 0 Å². The maximum atomic E-state index is 12.5. The highest BCUT2D eigenvalue weighted by Crippen LogP contribution is 2.34. The number of rotatable bonds is 6. The van der Waals surface area contributed by atoms with Gasteiger partial charge in [0.15, 0.2) is 11.6 Å². The van der Waals surface area contributed by atoms with Gasteiger partial charge < -0.3 is 9.32 Å². The second-order valence-corrected chi connectivity index (χ2v) is 8.37. The van der Waals surface area contributed by atoms with Crippen molar-refractivity contribution < 1.29 is 9.21 Å². The van der Waals surface area contributed by atoms with Gasteiger partial charge in [0.05, 0.1) is 18.3 Å². The third-order valence-electron chi connectivity index (χ3n) is 5.96. The Morgan fingerprint density at radius 3 is 2.55 bits per heavy atom. The molecule has 1 amide bonds. The van der Waals surface area contributed by atoms with Crippen LogP contribution in [0.25, 0.3) is 0 Å². The number of aromatic nitrogens is 4. The molecule has 29 heavy (non-hydrogen) atoms. The predicted molar refractivity (Wildman–Crippen MR) is 111 cm³/mol. The molecular weight excluding hydrogens is 392 g/mol. The number of amides is 1. The molecule has 2 fully saturated rings. The smallest absolute Gasteiger partial charge is 0.289 e. The molecular formula is C20H31ClN6O2. The molecule has 1 saturated carbocycles. The van der Waals surface area contributed by atoms with Crippen LogP contribution in [-0.2, 0) is 0 Å². The minimum absolute atomic E-state index is 0. The second kappa shape index (κ2) is 9.71. The molecule has 4 rings (SSSR count). The maximum absolute atomic E-state index is 12.5. The first-order chi connectivity index (χ1) is 13.6. The van der Waals surface area contributed by atoms with Crippen molar-refractivity contribution in [1.82, 2.24) is 30.0 Å². The average molecular weight is 423 g/mol. The van der Waals surface area contributed by atoms with Gasteiger partial charge in [0, 0.05) is 26.2 Å². The summed E-state index contributed by atoms with van der Waals surface area (Å²) in [6.07, 6.45) is 7.40. The van der Waals surface area contributed by atoms with E-state index in [4.69, 9.17) is 4.42 Å². The number of furan rings is 1. The van der Waals surface area contributed by atoms with Crippen LogP contribution in [0.15, 0.2) is 22.8 Å². The summed E-state index contributed by atoms with van der Waals surface area (Å²) in [5, 5.41) is 12.8. The lowest BCUT2D eigenvalue weighted by Gasteiger charge is -2.39. The number of carbonyl (C=O) groups excluding carboxylic acids is 1. The molecule has 1 aliphatic carbocycles. The third kappa shape index (κ3) is 4.80. The van der Waals surface area contributed by atoms with Crippen molar-refractivity contribution in [3.8, 4) is 0 Å². The number of hydrogen-bond acceptors (Lipinski definition) is 6. The Labute approximate surface area is 178 Å². The summed E-state index contributed by atoms with van der Waals surface area (Å²) >= 11 is 0. The van der Waals surface area contributed by atoms with E-state index in [1.165, 1.54) is 12.8 Å². The van der Waals surface area contributed by atoms with Crippen LogP contribution in [0.2, 0.25) is 0 Å². The average Bonchev–Trinajstić information content (AvgIpc) is 3.47. The van der Waals surface area contributed by atoms with Crippen molar-refractivity contribution in [1.29, 1.82) is 0 Å². The summed E-state index contributed by atoms with van der Waals surface area (Å²) in [5.74, 6) is 1.92. The van der Waals surface area contributed by atoms with Crippen molar-refractivity contribution in [2.45, 2.75) is 58.0 Å². The van der Waals surface area contributed by atoms with Crippen LogP contribution < -0.4 is 0 Å². The fourth-order valence-electron chi connectivity index (χ4n) is 4.49. The van der Waals surface area contributed by atoms with Crippen LogP contribution in [0.4, 0.5) is 0 Å². The first-order valence-electron chi connectivity index (χ1n) is 10.5. The van der Waals surface area contributed by atoms with Crippen LogP contribution in [0.3, 0.4) is 0 Å². The molecule has 0 bridgehead atoms. The minimum atomic E-state index is -0.0270. The molecule has 9 heteroatoms.